The summed E-state index contributed by atoms with van der Waals surface area (Å²) in [5.41, 5.74) is 2.41. The number of hydrogen-bond donors (Lipinski definition) is 0. The van der Waals surface area contributed by atoms with Crippen molar-refractivity contribution < 1.29 is 13.2 Å². The first kappa shape index (κ1) is 23.2. The molecule has 0 radical (unpaired) electrons. The van der Waals surface area contributed by atoms with Crippen LogP contribution in [0.4, 0.5) is 18.9 Å². The highest BCUT2D eigenvalue weighted by Gasteiger charge is 2.36. The molecule has 0 N–H and O–H groups in total. The van der Waals surface area contributed by atoms with Gasteiger partial charge in [-0.25, -0.2) is 17.5 Å². The van der Waals surface area contributed by atoms with Crippen molar-refractivity contribution in [2.45, 2.75) is 56.0 Å². The van der Waals surface area contributed by atoms with E-state index in [1.807, 2.05) is 41.0 Å². The second-order valence-electron chi connectivity index (χ2n) is 8.96. The van der Waals surface area contributed by atoms with Gasteiger partial charge in [0, 0.05) is 42.2 Å². The highest BCUT2D eigenvalue weighted by molar-refractivity contribution is 7.97. The first-order valence-electron chi connectivity index (χ1n) is 11.7. The Kier molecular flexibility index (Phi) is 7.10. The Morgan fingerprint density at radius 1 is 0.941 bits per heavy atom. The maximum Gasteiger partial charge on any atom is 0.254 e. The highest BCUT2D eigenvalue weighted by Crippen LogP contribution is 2.44. The average molecular weight is 488 g/mol. The van der Waals surface area contributed by atoms with E-state index >= 15 is 4.39 Å². The smallest absolute Gasteiger partial charge is 0.254 e. The molecule has 2 saturated heterocycles. The van der Waals surface area contributed by atoms with Crippen molar-refractivity contribution in [3.05, 3.63) is 78.1 Å². The van der Waals surface area contributed by atoms with E-state index in [-0.39, 0.29) is 17.6 Å². The zero-order valence-electron chi connectivity index (χ0n) is 18.8. The fourth-order valence-corrected chi connectivity index (χ4v) is 6.32. The number of nitrogens with zero attached hydrogens (tertiary/aromatic N) is 5. The van der Waals surface area contributed by atoms with Gasteiger partial charge in [-0.3, -0.25) is 0 Å². The van der Waals surface area contributed by atoms with E-state index in [4.69, 9.17) is 0 Å². The van der Waals surface area contributed by atoms with E-state index in [1.165, 1.54) is 11.9 Å². The van der Waals surface area contributed by atoms with Crippen molar-refractivity contribution in [3.63, 3.8) is 0 Å². The molecule has 9 heteroatoms. The van der Waals surface area contributed by atoms with Gasteiger partial charge in [0.1, 0.15) is 18.5 Å². The fourth-order valence-electron chi connectivity index (χ4n) is 4.91. The molecule has 5 nitrogen and oxygen atoms in total. The van der Waals surface area contributed by atoms with E-state index in [0.717, 1.165) is 37.2 Å². The van der Waals surface area contributed by atoms with Gasteiger partial charge in [-0.15, -0.1) is 10.2 Å². The molecule has 1 aromatic heterocycles. The van der Waals surface area contributed by atoms with Gasteiger partial charge in [0.25, 0.3) is 6.43 Å². The molecule has 0 aliphatic carbocycles. The topological polar surface area (TPSA) is 37.2 Å². The standard InChI is InChI=1S/C25H28F3N5S/c26-22-14-21(31-12-10-20(11-13-31)32-16-29-30-17-32)7-6-19(22)15-33-23(25(27)28)8-9-24(34-33)18-4-2-1-3-5-18/h1-7,14,16-17,20,23-25H,8-13,15H2/t23-,24-/m1/s1. The number of piperidine rings is 1. The third-order valence-corrected chi connectivity index (χ3v) is 8.30. The Bertz CT molecular complexity index is 1060. The predicted molar refractivity (Wildman–Crippen MR) is 128 cm³/mol. The summed E-state index contributed by atoms with van der Waals surface area (Å²) in [4.78, 5) is 2.18. The molecule has 2 fully saturated rings. The monoisotopic (exact) mass is 487 g/mol. The number of benzene rings is 2. The van der Waals surface area contributed by atoms with Crippen LogP contribution in [-0.2, 0) is 6.54 Å². The third kappa shape index (κ3) is 5.10. The molecule has 3 aromatic rings. The summed E-state index contributed by atoms with van der Waals surface area (Å²) < 4.78 is 46.4. The quantitative estimate of drug-likeness (QED) is 0.406. The van der Waals surface area contributed by atoms with Crippen LogP contribution in [0.3, 0.4) is 0 Å². The molecular weight excluding hydrogens is 459 g/mol. The van der Waals surface area contributed by atoms with Crippen LogP contribution in [0.15, 0.2) is 61.2 Å². The minimum atomic E-state index is -2.46. The average Bonchev–Trinajstić information content (AvgIpc) is 3.41. The number of halogens is 3. The van der Waals surface area contributed by atoms with Crippen LogP contribution in [0.25, 0.3) is 0 Å². The van der Waals surface area contributed by atoms with Crippen molar-refractivity contribution in [1.29, 1.82) is 0 Å². The zero-order chi connectivity index (χ0) is 23.5. The molecule has 34 heavy (non-hydrogen) atoms. The summed E-state index contributed by atoms with van der Waals surface area (Å²) in [5.74, 6) is -0.339. The molecule has 0 bridgehead atoms. The van der Waals surface area contributed by atoms with Crippen LogP contribution in [0.2, 0.25) is 0 Å². The summed E-state index contributed by atoms with van der Waals surface area (Å²) >= 11 is 1.42. The maximum absolute atomic E-state index is 15.1. The Hall–Kier alpha value is -2.52. The molecule has 3 heterocycles. The van der Waals surface area contributed by atoms with Crippen molar-refractivity contribution in [2.75, 3.05) is 18.0 Å². The number of aromatic nitrogens is 3. The second kappa shape index (κ2) is 10.4. The molecule has 0 unspecified atom stereocenters. The molecule has 0 spiro atoms. The molecule has 0 saturated carbocycles. The third-order valence-electron chi connectivity index (χ3n) is 6.87. The summed E-state index contributed by atoms with van der Waals surface area (Å²) in [7, 11) is 0. The summed E-state index contributed by atoms with van der Waals surface area (Å²) in [5, 5.41) is 7.86. The van der Waals surface area contributed by atoms with E-state index in [1.54, 1.807) is 29.1 Å². The Morgan fingerprint density at radius 2 is 1.68 bits per heavy atom. The Morgan fingerprint density at radius 3 is 2.35 bits per heavy atom. The van der Waals surface area contributed by atoms with Crippen LogP contribution in [0, 0.1) is 5.82 Å². The Balaban J connectivity index is 1.26. The molecule has 5 rings (SSSR count). The molecular formula is C25H28F3N5S. The summed E-state index contributed by atoms with van der Waals surface area (Å²) in [6.45, 7) is 1.79. The van der Waals surface area contributed by atoms with Crippen molar-refractivity contribution >= 4 is 17.6 Å². The highest BCUT2D eigenvalue weighted by atomic mass is 32.2. The lowest BCUT2D eigenvalue weighted by Gasteiger charge is -2.38. The van der Waals surface area contributed by atoms with Gasteiger partial charge in [-0.1, -0.05) is 48.3 Å². The van der Waals surface area contributed by atoms with E-state index in [0.29, 0.717) is 24.4 Å². The van der Waals surface area contributed by atoms with Crippen LogP contribution < -0.4 is 4.90 Å². The van der Waals surface area contributed by atoms with Crippen LogP contribution in [-0.4, -0.2) is 44.6 Å². The molecule has 0 amide bonds. The fraction of sp³-hybridized carbons (Fsp3) is 0.440. The van der Waals surface area contributed by atoms with Gasteiger partial charge in [0.2, 0.25) is 0 Å². The van der Waals surface area contributed by atoms with Crippen LogP contribution >= 0.6 is 11.9 Å². The molecule has 180 valence electrons. The summed E-state index contributed by atoms with van der Waals surface area (Å²) in [6, 6.07) is 14.6. The first-order chi connectivity index (χ1) is 16.6. The second-order valence-corrected chi connectivity index (χ2v) is 10.2. The molecule has 2 aromatic carbocycles. The lowest BCUT2D eigenvalue weighted by molar-refractivity contribution is 0.0536. The van der Waals surface area contributed by atoms with Crippen molar-refractivity contribution in [2.24, 2.45) is 0 Å². The largest absolute Gasteiger partial charge is 0.371 e. The summed E-state index contributed by atoms with van der Waals surface area (Å²) in [6.07, 6.45) is 3.97. The predicted octanol–water partition coefficient (Wildman–Crippen LogP) is 5.88. The zero-order valence-corrected chi connectivity index (χ0v) is 19.6. The van der Waals surface area contributed by atoms with Gasteiger partial charge >= 0.3 is 0 Å². The van der Waals surface area contributed by atoms with Crippen molar-refractivity contribution in [3.8, 4) is 0 Å². The maximum atomic E-state index is 15.1. The number of anilines is 1. The first-order valence-corrected chi connectivity index (χ1v) is 12.6. The minimum absolute atomic E-state index is 0.102. The molecule has 2 aliphatic rings. The normalized spacial score (nSPS) is 22.4. The van der Waals surface area contributed by atoms with E-state index in [9.17, 15) is 8.78 Å². The minimum Gasteiger partial charge on any atom is -0.371 e. The van der Waals surface area contributed by atoms with Gasteiger partial charge in [-0.2, -0.15) is 0 Å². The molecule has 2 atom stereocenters. The van der Waals surface area contributed by atoms with E-state index in [2.05, 4.69) is 15.1 Å². The lowest BCUT2D eigenvalue weighted by Crippen LogP contribution is -2.39. The van der Waals surface area contributed by atoms with Gasteiger partial charge in [-0.05, 0) is 43.4 Å². The van der Waals surface area contributed by atoms with Crippen LogP contribution in [0.5, 0.6) is 0 Å². The van der Waals surface area contributed by atoms with E-state index < -0.39 is 12.5 Å². The van der Waals surface area contributed by atoms with Gasteiger partial charge in [0.15, 0.2) is 0 Å². The Labute approximate surface area is 202 Å². The lowest BCUT2D eigenvalue weighted by atomic mass is 10.0. The SMILES string of the molecule is Fc1cc(N2CCC(n3cnnc3)CC2)ccc1CN1S[C@@H](c2ccccc2)CC[C@@H]1C(F)F. The number of rotatable bonds is 6. The number of hydrogen-bond acceptors (Lipinski definition) is 5. The van der Waals surface area contributed by atoms with Crippen LogP contribution in [0.1, 0.15) is 48.1 Å². The van der Waals surface area contributed by atoms with Gasteiger partial charge < -0.3 is 9.47 Å². The molecule has 2 aliphatic heterocycles. The number of alkyl halides is 2. The van der Waals surface area contributed by atoms with Gasteiger partial charge in [0.05, 0.1) is 6.04 Å². The van der Waals surface area contributed by atoms with Crippen molar-refractivity contribution in [1.82, 2.24) is 19.1 Å².